The standard InChI is InChI=1S/C11H22N2O4S/c1-6-13(11(3,4)9(14)15)10(16)12-8(2)7-18(5)17/h8H,6-7H2,1-5H3,(H,12,16)(H,14,15). The van der Waals surface area contributed by atoms with Gasteiger partial charge in [-0.2, -0.15) is 0 Å². The predicted molar refractivity (Wildman–Crippen MR) is 71.0 cm³/mol. The van der Waals surface area contributed by atoms with E-state index < -0.39 is 28.3 Å². The van der Waals surface area contributed by atoms with Crippen LogP contribution >= 0.6 is 0 Å². The summed E-state index contributed by atoms with van der Waals surface area (Å²) in [5.41, 5.74) is -1.27. The van der Waals surface area contributed by atoms with E-state index in [-0.39, 0.29) is 12.6 Å². The molecule has 0 rings (SSSR count). The second-order valence-electron chi connectivity index (χ2n) is 4.70. The topological polar surface area (TPSA) is 86.7 Å². The van der Waals surface area contributed by atoms with Crippen molar-refractivity contribution >= 4 is 22.8 Å². The van der Waals surface area contributed by atoms with Gasteiger partial charge in [-0.3, -0.25) is 4.21 Å². The quantitative estimate of drug-likeness (QED) is 0.747. The van der Waals surface area contributed by atoms with E-state index in [9.17, 15) is 13.8 Å². The monoisotopic (exact) mass is 278 g/mol. The fourth-order valence-corrected chi connectivity index (χ4v) is 2.38. The van der Waals surface area contributed by atoms with E-state index in [1.165, 1.54) is 18.7 Å². The first-order valence-corrected chi connectivity index (χ1v) is 7.47. The molecule has 0 heterocycles. The Morgan fingerprint density at radius 1 is 1.44 bits per heavy atom. The summed E-state index contributed by atoms with van der Waals surface area (Å²) >= 11 is 0. The summed E-state index contributed by atoms with van der Waals surface area (Å²) in [6.07, 6.45) is 1.56. The van der Waals surface area contributed by atoms with Crippen LogP contribution in [-0.4, -0.2) is 56.3 Å². The highest BCUT2D eigenvalue weighted by atomic mass is 32.2. The zero-order chi connectivity index (χ0) is 14.5. The Balaban J connectivity index is 4.73. The Morgan fingerprint density at radius 3 is 2.28 bits per heavy atom. The lowest BCUT2D eigenvalue weighted by Gasteiger charge is -2.34. The number of likely N-dealkylation sites (N-methyl/N-ethyl adjacent to an activating group) is 1. The van der Waals surface area contributed by atoms with Gasteiger partial charge >= 0.3 is 12.0 Å². The number of hydrogen-bond acceptors (Lipinski definition) is 3. The van der Waals surface area contributed by atoms with E-state index in [0.717, 1.165) is 0 Å². The molecule has 0 radical (unpaired) electrons. The van der Waals surface area contributed by atoms with Gasteiger partial charge in [-0.15, -0.1) is 0 Å². The Labute approximate surface area is 110 Å². The summed E-state index contributed by atoms with van der Waals surface area (Å²) < 4.78 is 11.0. The predicted octanol–water partition coefficient (Wildman–Crippen LogP) is 0.648. The lowest BCUT2D eigenvalue weighted by molar-refractivity contribution is -0.147. The summed E-state index contributed by atoms with van der Waals surface area (Å²) in [5.74, 6) is -0.720. The molecule has 0 saturated heterocycles. The maximum Gasteiger partial charge on any atom is 0.329 e. The maximum absolute atomic E-state index is 12.0. The average Bonchev–Trinajstić information content (AvgIpc) is 2.15. The van der Waals surface area contributed by atoms with Crippen LogP contribution in [0.15, 0.2) is 0 Å². The molecule has 0 spiro atoms. The molecule has 0 fully saturated rings. The van der Waals surface area contributed by atoms with Crippen LogP contribution in [0.4, 0.5) is 4.79 Å². The molecule has 2 unspecified atom stereocenters. The number of nitrogens with one attached hydrogen (secondary N) is 1. The van der Waals surface area contributed by atoms with Gasteiger partial charge in [-0.1, -0.05) is 0 Å². The van der Waals surface area contributed by atoms with Crippen LogP contribution in [0.5, 0.6) is 0 Å². The fourth-order valence-electron chi connectivity index (χ4n) is 1.59. The van der Waals surface area contributed by atoms with Gasteiger partial charge in [-0.05, 0) is 27.7 Å². The Bertz CT molecular complexity index is 344. The molecule has 0 aromatic heterocycles. The highest BCUT2D eigenvalue weighted by molar-refractivity contribution is 7.84. The first-order valence-electron chi connectivity index (χ1n) is 5.74. The molecule has 18 heavy (non-hydrogen) atoms. The minimum Gasteiger partial charge on any atom is -0.480 e. The van der Waals surface area contributed by atoms with Crippen LogP contribution in [0.25, 0.3) is 0 Å². The number of nitrogens with zero attached hydrogens (tertiary/aromatic N) is 1. The van der Waals surface area contributed by atoms with Crippen molar-refractivity contribution in [3.63, 3.8) is 0 Å². The minimum atomic E-state index is -1.27. The molecular weight excluding hydrogens is 256 g/mol. The zero-order valence-electron chi connectivity index (χ0n) is 11.5. The second-order valence-corrected chi connectivity index (χ2v) is 6.18. The van der Waals surface area contributed by atoms with Gasteiger partial charge in [0.1, 0.15) is 5.54 Å². The number of carboxylic acid groups (broad SMARTS) is 1. The van der Waals surface area contributed by atoms with Crippen LogP contribution in [0, 0.1) is 0 Å². The third-order valence-corrected chi connectivity index (χ3v) is 3.58. The van der Waals surface area contributed by atoms with Crippen LogP contribution in [0.1, 0.15) is 27.7 Å². The highest BCUT2D eigenvalue weighted by Crippen LogP contribution is 2.14. The van der Waals surface area contributed by atoms with E-state index in [1.807, 2.05) is 0 Å². The molecule has 2 N–H and O–H groups in total. The molecule has 0 aliphatic carbocycles. The van der Waals surface area contributed by atoms with E-state index in [2.05, 4.69) is 5.32 Å². The molecule has 2 atom stereocenters. The van der Waals surface area contributed by atoms with Crippen molar-refractivity contribution in [2.75, 3.05) is 18.6 Å². The number of rotatable bonds is 6. The van der Waals surface area contributed by atoms with Crippen molar-refractivity contribution < 1.29 is 18.9 Å². The Morgan fingerprint density at radius 2 is 1.94 bits per heavy atom. The SMILES string of the molecule is CCN(C(=O)NC(C)CS(C)=O)C(C)(C)C(=O)O. The van der Waals surface area contributed by atoms with Crippen molar-refractivity contribution in [2.24, 2.45) is 0 Å². The van der Waals surface area contributed by atoms with Crippen LogP contribution in [0.3, 0.4) is 0 Å². The number of hydrogen-bond donors (Lipinski definition) is 2. The van der Waals surface area contributed by atoms with Gasteiger partial charge in [0, 0.05) is 35.4 Å². The van der Waals surface area contributed by atoms with Crippen LogP contribution in [-0.2, 0) is 15.6 Å². The third kappa shape index (κ3) is 4.64. The highest BCUT2D eigenvalue weighted by Gasteiger charge is 2.37. The summed E-state index contributed by atoms with van der Waals surface area (Å²) in [4.78, 5) is 24.3. The van der Waals surface area contributed by atoms with Crippen molar-refractivity contribution in [1.82, 2.24) is 10.2 Å². The summed E-state index contributed by atoms with van der Waals surface area (Å²) in [6, 6.07) is -0.718. The average molecular weight is 278 g/mol. The van der Waals surface area contributed by atoms with E-state index in [1.54, 1.807) is 20.1 Å². The molecule has 0 bridgehead atoms. The zero-order valence-corrected chi connectivity index (χ0v) is 12.3. The van der Waals surface area contributed by atoms with Gasteiger partial charge in [0.2, 0.25) is 0 Å². The molecular formula is C11H22N2O4S. The minimum absolute atomic E-state index is 0.262. The normalized spacial score (nSPS) is 14.7. The number of carboxylic acids is 1. The first-order chi connectivity index (χ1) is 8.12. The Kier molecular flexibility index (Phi) is 6.31. The molecule has 0 aromatic rings. The largest absolute Gasteiger partial charge is 0.480 e. The van der Waals surface area contributed by atoms with E-state index in [0.29, 0.717) is 5.75 Å². The third-order valence-electron chi connectivity index (χ3n) is 2.61. The summed E-state index contributed by atoms with van der Waals surface area (Å²) in [5, 5.41) is 11.8. The number of aliphatic carboxylic acids is 1. The smallest absolute Gasteiger partial charge is 0.329 e. The Hall–Kier alpha value is -1.11. The molecule has 7 heteroatoms. The number of carbonyl (C=O) groups is 2. The van der Waals surface area contributed by atoms with Gasteiger partial charge < -0.3 is 15.3 Å². The van der Waals surface area contributed by atoms with Gasteiger partial charge in [-0.25, -0.2) is 9.59 Å². The molecule has 106 valence electrons. The molecule has 6 nitrogen and oxygen atoms in total. The summed E-state index contributed by atoms with van der Waals surface area (Å²) in [6.45, 7) is 6.68. The van der Waals surface area contributed by atoms with Crippen molar-refractivity contribution in [1.29, 1.82) is 0 Å². The fraction of sp³-hybridized carbons (Fsp3) is 0.818. The van der Waals surface area contributed by atoms with Crippen LogP contribution < -0.4 is 5.32 Å². The van der Waals surface area contributed by atoms with Crippen molar-refractivity contribution in [2.45, 2.75) is 39.3 Å². The van der Waals surface area contributed by atoms with Gasteiger partial charge in [0.15, 0.2) is 0 Å². The number of amides is 2. The number of urea groups is 1. The van der Waals surface area contributed by atoms with E-state index in [4.69, 9.17) is 5.11 Å². The molecule has 0 aliphatic rings. The first kappa shape index (κ1) is 16.9. The summed E-state index contributed by atoms with van der Waals surface area (Å²) in [7, 11) is -1.01. The number of carbonyl (C=O) groups excluding carboxylic acids is 1. The molecule has 0 aromatic carbocycles. The lowest BCUT2D eigenvalue weighted by atomic mass is 10.0. The van der Waals surface area contributed by atoms with Crippen molar-refractivity contribution in [3.05, 3.63) is 0 Å². The van der Waals surface area contributed by atoms with Gasteiger partial charge in [0.05, 0.1) is 0 Å². The maximum atomic E-state index is 12.0. The van der Waals surface area contributed by atoms with Crippen molar-refractivity contribution in [3.8, 4) is 0 Å². The lowest BCUT2D eigenvalue weighted by Crippen LogP contribution is -2.57. The molecule has 0 aliphatic heterocycles. The second kappa shape index (κ2) is 6.72. The van der Waals surface area contributed by atoms with E-state index >= 15 is 0 Å². The van der Waals surface area contributed by atoms with Crippen LogP contribution in [0.2, 0.25) is 0 Å². The van der Waals surface area contributed by atoms with Gasteiger partial charge in [0.25, 0.3) is 0 Å². The molecule has 2 amide bonds. The molecule has 0 saturated carbocycles.